The molecule has 0 spiro atoms. The molecule has 6 heteroatoms. The van der Waals surface area contributed by atoms with Crippen molar-refractivity contribution in [2.75, 3.05) is 6.61 Å². The van der Waals surface area contributed by atoms with Crippen LogP contribution in [0.2, 0.25) is 5.02 Å². The molecule has 5 rings (SSSR count). The van der Waals surface area contributed by atoms with E-state index in [1.54, 1.807) is 12.1 Å². The zero-order valence-electron chi connectivity index (χ0n) is 16.6. The van der Waals surface area contributed by atoms with Crippen LogP contribution in [0, 0.1) is 11.8 Å². The highest BCUT2D eigenvalue weighted by atomic mass is 35.5. The Morgan fingerprint density at radius 1 is 0.900 bits per heavy atom. The summed E-state index contributed by atoms with van der Waals surface area (Å²) in [6.07, 6.45) is -1.46. The number of rotatable bonds is 4. The Labute approximate surface area is 180 Å². The molecule has 1 saturated heterocycles. The molecule has 5 nitrogen and oxygen atoms in total. The van der Waals surface area contributed by atoms with Crippen LogP contribution < -0.4 is 0 Å². The van der Waals surface area contributed by atoms with Gasteiger partial charge in [0.1, 0.15) is 30.5 Å². The van der Waals surface area contributed by atoms with Crippen LogP contribution in [0.15, 0.2) is 36.4 Å². The molecule has 1 aliphatic heterocycles. The Kier molecular flexibility index (Phi) is 5.38. The van der Waals surface area contributed by atoms with Crippen LogP contribution in [0.4, 0.5) is 0 Å². The van der Waals surface area contributed by atoms with E-state index in [1.165, 1.54) is 36.0 Å². The SMILES string of the molecule is OC[C@H]1O[C@H](c2ccc(Cl)c(Cc3ccc4c(c3)CC3CC3C4)c2)[C@H](O)[C@@H](O)[C@@H]1O. The fraction of sp³-hybridized carbons (Fsp3) is 0.500. The van der Waals surface area contributed by atoms with Gasteiger partial charge in [0.25, 0.3) is 0 Å². The predicted molar refractivity (Wildman–Crippen MR) is 112 cm³/mol. The third-order valence-electron chi connectivity index (χ3n) is 6.99. The van der Waals surface area contributed by atoms with E-state index >= 15 is 0 Å². The molecule has 2 aromatic rings. The highest BCUT2D eigenvalue weighted by Crippen LogP contribution is 2.48. The fourth-order valence-electron chi connectivity index (χ4n) is 5.06. The first-order valence-electron chi connectivity index (χ1n) is 10.6. The van der Waals surface area contributed by atoms with Crippen molar-refractivity contribution in [3.63, 3.8) is 0 Å². The summed E-state index contributed by atoms with van der Waals surface area (Å²) in [6, 6.07) is 12.1. The minimum absolute atomic E-state index is 0.446. The van der Waals surface area contributed by atoms with Crippen molar-refractivity contribution in [3.05, 3.63) is 69.2 Å². The third-order valence-corrected chi connectivity index (χ3v) is 7.36. The Morgan fingerprint density at radius 2 is 1.67 bits per heavy atom. The number of hydrogen-bond donors (Lipinski definition) is 4. The second-order valence-electron chi connectivity index (χ2n) is 9.04. The van der Waals surface area contributed by atoms with Gasteiger partial charge in [0.15, 0.2) is 0 Å². The van der Waals surface area contributed by atoms with E-state index in [1.807, 2.05) is 6.07 Å². The van der Waals surface area contributed by atoms with Crippen LogP contribution in [0.3, 0.4) is 0 Å². The third kappa shape index (κ3) is 3.68. The summed E-state index contributed by atoms with van der Waals surface area (Å²) in [5.74, 6) is 1.76. The molecule has 2 aromatic carbocycles. The highest BCUT2D eigenvalue weighted by molar-refractivity contribution is 6.31. The number of halogens is 1. The van der Waals surface area contributed by atoms with Gasteiger partial charge in [-0.1, -0.05) is 41.9 Å². The molecular formula is C24H27ClO5. The monoisotopic (exact) mass is 430 g/mol. The Bertz CT molecular complexity index is 945. The molecule has 4 N–H and O–H groups in total. The van der Waals surface area contributed by atoms with Gasteiger partial charge < -0.3 is 25.2 Å². The lowest BCUT2D eigenvalue weighted by atomic mass is 9.88. The van der Waals surface area contributed by atoms with E-state index in [9.17, 15) is 20.4 Å². The van der Waals surface area contributed by atoms with E-state index < -0.39 is 37.1 Å². The zero-order chi connectivity index (χ0) is 21.0. The van der Waals surface area contributed by atoms with Gasteiger partial charge >= 0.3 is 0 Å². The number of aliphatic hydroxyl groups is 4. The molecule has 1 heterocycles. The molecule has 0 radical (unpaired) electrons. The predicted octanol–water partition coefficient (Wildman–Crippen LogP) is 2.18. The largest absolute Gasteiger partial charge is 0.394 e. The molecule has 2 unspecified atom stereocenters. The Balaban J connectivity index is 1.39. The number of benzene rings is 2. The number of aliphatic hydroxyl groups excluding tert-OH is 4. The molecule has 7 atom stereocenters. The molecule has 1 saturated carbocycles. The average molecular weight is 431 g/mol. The van der Waals surface area contributed by atoms with Crippen molar-refractivity contribution in [1.82, 2.24) is 0 Å². The van der Waals surface area contributed by atoms with Crippen molar-refractivity contribution in [2.45, 2.75) is 56.2 Å². The normalized spacial score (nSPS) is 34.9. The molecule has 3 aliphatic rings. The smallest absolute Gasteiger partial charge is 0.113 e. The number of hydrogen-bond acceptors (Lipinski definition) is 5. The standard InChI is InChI=1S/C24H27ClO5/c25-19-4-3-14(24-23(29)22(28)21(27)20(11-26)30-24)8-18(19)6-12-1-2-13-7-16-10-17(16)9-15(13)5-12/h1-5,8,16-17,20-24,26-29H,6-7,9-11H2/t16?,17?,20-,21-,22+,23-,24-/m1/s1. The second kappa shape index (κ2) is 7.90. The van der Waals surface area contributed by atoms with Gasteiger partial charge in [0, 0.05) is 5.02 Å². The maximum absolute atomic E-state index is 10.4. The van der Waals surface area contributed by atoms with E-state index in [0.29, 0.717) is 17.0 Å². The van der Waals surface area contributed by atoms with Crippen molar-refractivity contribution < 1.29 is 25.2 Å². The summed E-state index contributed by atoms with van der Waals surface area (Å²) in [6.45, 7) is -0.446. The first kappa shape index (κ1) is 20.4. The molecular weight excluding hydrogens is 404 g/mol. The van der Waals surface area contributed by atoms with Crippen LogP contribution in [-0.4, -0.2) is 51.4 Å². The van der Waals surface area contributed by atoms with E-state index in [0.717, 1.165) is 17.4 Å². The van der Waals surface area contributed by atoms with Crippen molar-refractivity contribution in [3.8, 4) is 0 Å². The van der Waals surface area contributed by atoms with E-state index in [4.69, 9.17) is 16.3 Å². The Morgan fingerprint density at radius 3 is 2.43 bits per heavy atom. The summed E-state index contributed by atoms with van der Waals surface area (Å²) >= 11 is 6.47. The lowest BCUT2D eigenvalue weighted by Gasteiger charge is -2.40. The first-order chi connectivity index (χ1) is 14.4. The van der Waals surface area contributed by atoms with E-state index in [-0.39, 0.29) is 0 Å². The van der Waals surface area contributed by atoms with Crippen LogP contribution in [0.5, 0.6) is 0 Å². The van der Waals surface area contributed by atoms with Crippen LogP contribution in [0.25, 0.3) is 0 Å². The highest BCUT2D eigenvalue weighted by Gasteiger charge is 2.44. The van der Waals surface area contributed by atoms with Gasteiger partial charge in [0.05, 0.1) is 6.61 Å². The molecule has 30 heavy (non-hydrogen) atoms. The molecule has 0 aromatic heterocycles. The Hall–Kier alpha value is -1.47. The molecule has 2 fully saturated rings. The van der Waals surface area contributed by atoms with E-state index in [2.05, 4.69) is 18.2 Å². The van der Waals surface area contributed by atoms with Gasteiger partial charge in [-0.2, -0.15) is 0 Å². The van der Waals surface area contributed by atoms with Crippen molar-refractivity contribution >= 4 is 11.6 Å². The average Bonchev–Trinajstić information content (AvgIpc) is 3.50. The topological polar surface area (TPSA) is 90.2 Å². The molecule has 0 amide bonds. The number of fused-ring (bicyclic) bond motifs is 2. The summed E-state index contributed by atoms with van der Waals surface area (Å²) in [4.78, 5) is 0. The van der Waals surface area contributed by atoms with Crippen LogP contribution in [-0.2, 0) is 24.0 Å². The maximum atomic E-state index is 10.4. The van der Waals surface area contributed by atoms with Crippen LogP contribution in [0.1, 0.15) is 40.3 Å². The van der Waals surface area contributed by atoms with Gasteiger partial charge in [-0.3, -0.25) is 0 Å². The van der Waals surface area contributed by atoms with Gasteiger partial charge in [-0.25, -0.2) is 0 Å². The maximum Gasteiger partial charge on any atom is 0.113 e. The first-order valence-corrected chi connectivity index (χ1v) is 11.0. The molecule has 160 valence electrons. The van der Waals surface area contributed by atoms with Crippen molar-refractivity contribution in [2.24, 2.45) is 11.8 Å². The molecule has 0 bridgehead atoms. The lowest BCUT2D eigenvalue weighted by Crippen LogP contribution is -2.55. The van der Waals surface area contributed by atoms with Gasteiger partial charge in [-0.15, -0.1) is 0 Å². The summed E-state index contributed by atoms with van der Waals surface area (Å²) < 4.78 is 5.70. The summed E-state index contributed by atoms with van der Waals surface area (Å²) in [5, 5.41) is 40.6. The minimum Gasteiger partial charge on any atom is -0.394 e. The van der Waals surface area contributed by atoms with Crippen LogP contribution >= 0.6 is 11.6 Å². The lowest BCUT2D eigenvalue weighted by molar-refractivity contribution is -0.231. The summed E-state index contributed by atoms with van der Waals surface area (Å²) in [5.41, 5.74) is 5.68. The fourth-order valence-corrected chi connectivity index (χ4v) is 5.24. The van der Waals surface area contributed by atoms with Crippen molar-refractivity contribution in [1.29, 1.82) is 0 Å². The number of ether oxygens (including phenoxy) is 1. The molecule has 2 aliphatic carbocycles. The van der Waals surface area contributed by atoms with Gasteiger partial charge in [-0.05, 0) is 71.4 Å². The quantitative estimate of drug-likeness (QED) is 0.597. The van der Waals surface area contributed by atoms with Gasteiger partial charge in [0.2, 0.25) is 0 Å². The zero-order valence-corrected chi connectivity index (χ0v) is 17.4. The second-order valence-corrected chi connectivity index (χ2v) is 9.45. The summed E-state index contributed by atoms with van der Waals surface area (Å²) in [7, 11) is 0. The minimum atomic E-state index is -1.40.